The van der Waals surface area contributed by atoms with Crippen LogP contribution in [-0.2, 0) is 4.79 Å². The van der Waals surface area contributed by atoms with Crippen LogP contribution < -0.4 is 5.32 Å². The Bertz CT molecular complexity index is 640. The monoisotopic (exact) mass is 378 g/mol. The number of nitrogens with one attached hydrogen (secondary N) is 1. The molecule has 6 heteroatoms. The van der Waals surface area contributed by atoms with Gasteiger partial charge in [-0.15, -0.1) is 11.3 Å². The smallest absolute Gasteiger partial charge is 0.231 e. The highest BCUT2D eigenvalue weighted by Gasteiger charge is 2.18. The topological polar surface area (TPSA) is 32.3 Å². The molecule has 2 rings (SSSR count). The molecule has 0 radical (unpaired) electrons. The molecule has 0 spiro atoms. The highest BCUT2D eigenvalue weighted by Crippen LogP contribution is 2.26. The second-order valence-electron chi connectivity index (χ2n) is 5.15. The summed E-state index contributed by atoms with van der Waals surface area (Å²) in [5, 5.41) is 5.17. The van der Waals surface area contributed by atoms with E-state index in [9.17, 15) is 4.79 Å². The molecule has 2 aromatic rings. The summed E-state index contributed by atoms with van der Waals surface area (Å²) in [5.41, 5.74) is 1.09. The number of thiophene rings is 1. The molecule has 128 valence electrons. The second-order valence-corrected chi connectivity index (χ2v) is 7.74. The lowest BCUT2D eigenvalue weighted by Gasteiger charge is -2.21. The Kier molecular flexibility index (Phi) is 7.75. The normalized spacial score (nSPS) is 11.8. The third-order valence-electron chi connectivity index (χ3n) is 3.61. The predicted octanol–water partition coefficient (Wildman–Crippen LogP) is 4.31. The summed E-state index contributed by atoms with van der Waals surface area (Å²) in [6.07, 6.45) is 0. The Hall–Kier alpha value is -1.37. The van der Waals surface area contributed by atoms with Gasteiger partial charge in [0, 0.05) is 18.0 Å². The summed E-state index contributed by atoms with van der Waals surface area (Å²) in [5.74, 6) is 0.334. The fourth-order valence-corrected chi connectivity index (χ4v) is 4.34. The van der Waals surface area contributed by atoms with Gasteiger partial charge in [-0.1, -0.05) is 60.4 Å². The number of nitrogens with zero attached hydrogens (tertiary/aromatic N) is 1. The standard InChI is InChI=1S/C18H22N2OS3/c1-3-20(4-2)18(22)24-13-16(21)19-17(15-11-8-12-23-15)14-9-6-5-7-10-14/h5-12,17H,3-4,13H2,1-2H3,(H,19,21)/t17-/m0/s1. The van der Waals surface area contributed by atoms with Crippen molar-refractivity contribution in [1.29, 1.82) is 0 Å². The molecule has 0 saturated carbocycles. The lowest BCUT2D eigenvalue weighted by molar-refractivity contribution is -0.119. The van der Waals surface area contributed by atoms with Crippen LogP contribution in [0.2, 0.25) is 0 Å². The van der Waals surface area contributed by atoms with E-state index in [0.29, 0.717) is 5.75 Å². The zero-order valence-corrected chi connectivity index (χ0v) is 16.3. The van der Waals surface area contributed by atoms with Crippen LogP contribution in [0.4, 0.5) is 0 Å². The summed E-state index contributed by atoms with van der Waals surface area (Å²) in [4.78, 5) is 15.6. The van der Waals surface area contributed by atoms with Crippen LogP contribution in [0.1, 0.15) is 30.3 Å². The first-order valence-electron chi connectivity index (χ1n) is 7.95. The summed E-state index contributed by atoms with van der Waals surface area (Å²) in [7, 11) is 0. The van der Waals surface area contributed by atoms with Gasteiger partial charge in [-0.2, -0.15) is 0 Å². The van der Waals surface area contributed by atoms with Gasteiger partial charge in [0.05, 0.1) is 11.8 Å². The van der Waals surface area contributed by atoms with E-state index >= 15 is 0 Å². The van der Waals surface area contributed by atoms with E-state index in [1.54, 1.807) is 11.3 Å². The fourth-order valence-electron chi connectivity index (χ4n) is 2.32. The summed E-state index contributed by atoms with van der Waals surface area (Å²) in [6.45, 7) is 5.87. The maximum atomic E-state index is 12.4. The fraction of sp³-hybridized carbons (Fsp3) is 0.333. The molecule has 0 fully saturated rings. The van der Waals surface area contributed by atoms with E-state index in [-0.39, 0.29) is 11.9 Å². The number of rotatable bonds is 7. The number of thiocarbonyl (C=S) groups is 1. The average molecular weight is 379 g/mol. The van der Waals surface area contributed by atoms with Gasteiger partial charge in [0.15, 0.2) is 0 Å². The first-order chi connectivity index (χ1) is 11.7. The van der Waals surface area contributed by atoms with Crippen molar-refractivity contribution in [2.45, 2.75) is 19.9 Å². The number of hydrogen-bond donors (Lipinski definition) is 1. The predicted molar refractivity (Wildman–Crippen MR) is 109 cm³/mol. The first kappa shape index (κ1) is 19.0. The van der Waals surface area contributed by atoms with Crippen molar-refractivity contribution >= 4 is 45.5 Å². The maximum Gasteiger partial charge on any atom is 0.231 e. The molecule has 1 amide bonds. The van der Waals surface area contributed by atoms with Crippen LogP contribution in [0.25, 0.3) is 0 Å². The van der Waals surface area contributed by atoms with Crippen molar-refractivity contribution in [3.8, 4) is 0 Å². The molecular formula is C18H22N2OS3. The van der Waals surface area contributed by atoms with E-state index in [1.807, 2.05) is 41.8 Å². The molecule has 0 aliphatic rings. The number of hydrogen-bond acceptors (Lipinski definition) is 4. The lowest BCUT2D eigenvalue weighted by Crippen LogP contribution is -2.32. The van der Waals surface area contributed by atoms with Crippen LogP contribution in [0.5, 0.6) is 0 Å². The van der Waals surface area contributed by atoms with E-state index in [4.69, 9.17) is 12.2 Å². The molecule has 0 saturated heterocycles. The molecule has 1 atom stereocenters. The first-order valence-corrected chi connectivity index (χ1v) is 10.2. The quantitative estimate of drug-likeness (QED) is 0.728. The largest absolute Gasteiger partial charge is 0.358 e. The SMILES string of the molecule is CCN(CC)C(=S)SCC(=O)N[C@@H](c1ccccc1)c1cccs1. The van der Waals surface area contributed by atoms with Crippen molar-refractivity contribution in [1.82, 2.24) is 10.2 Å². The molecule has 1 heterocycles. The van der Waals surface area contributed by atoms with Crippen LogP contribution in [0, 0.1) is 0 Å². The summed E-state index contributed by atoms with van der Waals surface area (Å²) in [6, 6.07) is 14.0. The Morgan fingerprint density at radius 2 is 1.92 bits per heavy atom. The van der Waals surface area contributed by atoms with E-state index < -0.39 is 0 Å². The van der Waals surface area contributed by atoms with Gasteiger partial charge in [-0.05, 0) is 30.9 Å². The van der Waals surface area contributed by atoms with Crippen molar-refractivity contribution in [2.24, 2.45) is 0 Å². The zero-order chi connectivity index (χ0) is 17.4. The lowest BCUT2D eigenvalue weighted by atomic mass is 10.1. The molecule has 0 aliphatic carbocycles. The van der Waals surface area contributed by atoms with Gasteiger partial charge in [0.2, 0.25) is 5.91 Å². The molecule has 3 nitrogen and oxygen atoms in total. The van der Waals surface area contributed by atoms with Crippen molar-refractivity contribution < 1.29 is 4.79 Å². The van der Waals surface area contributed by atoms with Crippen LogP contribution in [0.3, 0.4) is 0 Å². The Balaban J connectivity index is 2.00. The van der Waals surface area contributed by atoms with Gasteiger partial charge in [-0.3, -0.25) is 4.79 Å². The molecule has 1 aromatic carbocycles. The summed E-state index contributed by atoms with van der Waals surface area (Å²) < 4.78 is 0.780. The van der Waals surface area contributed by atoms with E-state index in [2.05, 4.69) is 30.1 Å². The molecule has 1 aromatic heterocycles. The minimum atomic E-state index is -0.110. The number of benzene rings is 1. The number of carbonyl (C=O) groups excluding carboxylic acids is 1. The Morgan fingerprint density at radius 3 is 2.50 bits per heavy atom. The minimum absolute atomic E-state index is 0.00300. The molecule has 0 bridgehead atoms. The van der Waals surface area contributed by atoms with Crippen molar-refractivity contribution in [3.05, 3.63) is 58.3 Å². The van der Waals surface area contributed by atoms with Crippen molar-refractivity contribution in [2.75, 3.05) is 18.8 Å². The van der Waals surface area contributed by atoms with Crippen molar-refractivity contribution in [3.63, 3.8) is 0 Å². The highest BCUT2D eigenvalue weighted by atomic mass is 32.2. The average Bonchev–Trinajstić information content (AvgIpc) is 3.14. The highest BCUT2D eigenvalue weighted by molar-refractivity contribution is 8.23. The third kappa shape index (κ3) is 5.33. The van der Waals surface area contributed by atoms with Crippen LogP contribution in [-0.4, -0.2) is 34.0 Å². The van der Waals surface area contributed by atoms with Gasteiger partial charge in [0.25, 0.3) is 0 Å². The molecule has 0 aliphatic heterocycles. The van der Waals surface area contributed by atoms with Gasteiger partial charge in [0.1, 0.15) is 4.32 Å². The zero-order valence-electron chi connectivity index (χ0n) is 13.9. The Labute approximate surface area is 157 Å². The Morgan fingerprint density at radius 1 is 1.21 bits per heavy atom. The maximum absolute atomic E-state index is 12.4. The number of amides is 1. The minimum Gasteiger partial charge on any atom is -0.358 e. The van der Waals surface area contributed by atoms with Gasteiger partial charge >= 0.3 is 0 Å². The third-order valence-corrected chi connectivity index (χ3v) is 6.07. The molecule has 24 heavy (non-hydrogen) atoms. The van der Waals surface area contributed by atoms with E-state index in [0.717, 1.165) is 27.9 Å². The van der Waals surface area contributed by atoms with Gasteiger partial charge < -0.3 is 10.2 Å². The molecule has 1 N–H and O–H groups in total. The van der Waals surface area contributed by atoms with E-state index in [1.165, 1.54) is 11.8 Å². The number of carbonyl (C=O) groups is 1. The molecular weight excluding hydrogens is 356 g/mol. The second kappa shape index (κ2) is 9.81. The summed E-state index contributed by atoms with van der Waals surface area (Å²) >= 11 is 8.46. The van der Waals surface area contributed by atoms with Gasteiger partial charge in [-0.25, -0.2) is 0 Å². The molecule has 0 unspecified atom stereocenters. The van der Waals surface area contributed by atoms with Crippen LogP contribution in [0.15, 0.2) is 47.8 Å². The van der Waals surface area contributed by atoms with Crippen LogP contribution >= 0.6 is 35.3 Å². The number of thioether (sulfide) groups is 1.